The minimum Gasteiger partial charge on any atom is -0.267 e. The second kappa shape index (κ2) is 8.19. The minimum absolute atomic E-state index is 0.158. The summed E-state index contributed by atoms with van der Waals surface area (Å²) in [5.41, 5.74) is 2.21. The fraction of sp³-hybridized carbons (Fsp3) is 0.154. The summed E-state index contributed by atoms with van der Waals surface area (Å²) in [4.78, 5) is 12.3. The van der Waals surface area contributed by atoms with Crippen molar-refractivity contribution in [2.75, 3.05) is 0 Å². The van der Waals surface area contributed by atoms with Crippen LogP contribution in [0.15, 0.2) is 59.5 Å². The molecule has 0 aliphatic carbocycles. The van der Waals surface area contributed by atoms with Crippen LogP contribution >= 0.6 is 0 Å². The Morgan fingerprint density at radius 2 is 1.91 bits per heavy atom. The van der Waals surface area contributed by atoms with E-state index in [0.717, 1.165) is 5.69 Å². The predicted molar refractivity (Wildman–Crippen MR) is 127 cm³/mol. The Bertz CT molecular complexity index is 1680. The third-order valence-electron chi connectivity index (χ3n) is 6.12. The first-order valence-electron chi connectivity index (χ1n) is 10.7. The van der Waals surface area contributed by atoms with Crippen LogP contribution in [0.3, 0.4) is 0 Å². The zero-order valence-electron chi connectivity index (χ0n) is 18.4. The monoisotopic (exact) mass is 455 g/mol. The van der Waals surface area contributed by atoms with Crippen molar-refractivity contribution in [3.63, 3.8) is 0 Å². The molecule has 0 aliphatic heterocycles. The van der Waals surface area contributed by atoms with Gasteiger partial charge in [-0.15, -0.1) is 0 Å². The second-order valence-corrected chi connectivity index (χ2v) is 7.99. The van der Waals surface area contributed by atoms with Crippen molar-refractivity contribution in [3.8, 4) is 28.5 Å². The standard InChI is InChI=1S/C26H19F2N5O/c1-3-22-18-10-15(8-9-17(18)26(34)32-31-22)21-13-30-33(2)24(21)23-19(25(27)28)11-14-6-4-5-7-16(14)20(23)12-29/h4-11,13,25H,3H2,1-2H3,(H,32,34). The third kappa shape index (κ3) is 3.25. The molecule has 2 aromatic heterocycles. The van der Waals surface area contributed by atoms with Gasteiger partial charge in [0.2, 0.25) is 0 Å². The number of halogens is 2. The number of aryl methyl sites for hydroxylation is 2. The van der Waals surface area contributed by atoms with Gasteiger partial charge in [0.05, 0.1) is 28.5 Å². The molecule has 0 aliphatic rings. The van der Waals surface area contributed by atoms with Crippen LogP contribution in [0, 0.1) is 11.3 Å². The normalized spacial score (nSPS) is 11.4. The number of nitrogens with zero attached hydrogens (tertiary/aromatic N) is 4. The topological polar surface area (TPSA) is 87.4 Å². The molecule has 0 unspecified atom stereocenters. The Morgan fingerprint density at radius 1 is 1.12 bits per heavy atom. The first-order valence-corrected chi connectivity index (χ1v) is 10.7. The van der Waals surface area contributed by atoms with E-state index in [2.05, 4.69) is 21.4 Å². The van der Waals surface area contributed by atoms with E-state index in [0.29, 0.717) is 44.8 Å². The van der Waals surface area contributed by atoms with Gasteiger partial charge in [-0.1, -0.05) is 37.3 Å². The molecule has 6 nitrogen and oxygen atoms in total. The van der Waals surface area contributed by atoms with Gasteiger partial charge < -0.3 is 0 Å². The average Bonchev–Trinajstić information content (AvgIpc) is 3.23. The molecule has 168 valence electrons. The molecule has 0 radical (unpaired) electrons. The van der Waals surface area contributed by atoms with Crippen LogP contribution in [-0.4, -0.2) is 20.0 Å². The summed E-state index contributed by atoms with van der Waals surface area (Å²) in [6.07, 6.45) is -0.593. The number of rotatable bonds is 4. The van der Waals surface area contributed by atoms with Gasteiger partial charge in [-0.25, -0.2) is 13.9 Å². The summed E-state index contributed by atoms with van der Waals surface area (Å²) < 4.78 is 30.1. The van der Waals surface area contributed by atoms with Gasteiger partial charge in [0, 0.05) is 34.5 Å². The smallest absolute Gasteiger partial charge is 0.267 e. The molecule has 0 saturated heterocycles. The minimum atomic E-state index is -2.79. The molecule has 8 heteroatoms. The number of aromatic amines is 1. The zero-order valence-corrected chi connectivity index (χ0v) is 18.4. The summed E-state index contributed by atoms with van der Waals surface area (Å²) in [7, 11) is 1.66. The Balaban J connectivity index is 1.86. The fourth-order valence-corrected chi connectivity index (χ4v) is 4.51. The van der Waals surface area contributed by atoms with E-state index in [1.54, 1.807) is 49.6 Å². The van der Waals surface area contributed by atoms with Crippen LogP contribution in [0.4, 0.5) is 8.78 Å². The van der Waals surface area contributed by atoms with Crippen molar-refractivity contribution in [1.82, 2.24) is 20.0 Å². The lowest BCUT2D eigenvalue weighted by molar-refractivity contribution is 0.152. The number of fused-ring (bicyclic) bond motifs is 2. The highest BCUT2D eigenvalue weighted by molar-refractivity contribution is 5.99. The van der Waals surface area contributed by atoms with Gasteiger partial charge in [-0.3, -0.25) is 9.48 Å². The van der Waals surface area contributed by atoms with Gasteiger partial charge in [0.25, 0.3) is 12.0 Å². The van der Waals surface area contributed by atoms with Crippen LogP contribution in [0.25, 0.3) is 43.9 Å². The zero-order chi connectivity index (χ0) is 24.0. The van der Waals surface area contributed by atoms with Crippen LogP contribution in [0.5, 0.6) is 0 Å². The molecule has 1 N–H and O–H groups in total. The Kier molecular flexibility index (Phi) is 5.17. The summed E-state index contributed by atoms with van der Waals surface area (Å²) in [5, 5.41) is 23.4. The van der Waals surface area contributed by atoms with Crippen molar-refractivity contribution in [1.29, 1.82) is 5.26 Å². The summed E-state index contributed by atoms with van der Waals surface area (Å²) >= 11 is 0. The molecule has 0 saturated carbocycles. The number of benzene rings is 3. The lowest BCUT2D eigenvalue weighted by Crippen LogP contribution is -2.10. The van der Waals surface area contributed by atoms with Gasteiger partial charge in [-0.2, -0.15) is 15.5 Å². The number of alkyl halides is 2. The third-order valence-corrected chi connectivity index (χ3v) is 6.12. The number of aromatic nitrogens is 4. The van der Waals surface area contributed by atoms with E-state index in [-0.39, 0.29) is 22.2 Å². The molecule has 5 aromatic rings. The Labute approximate surface area is 193 Å². The van der Waals surface area contributed by atoms with Gasteiger partial charge in [0.15, 0.2) is 0 Å². The quantitative estimate of drug-likeness (QED) is 0.387. The maximum atomic E-state index is 14.3. The van der Waals surface area contributed by atoms with E-state index in [9.17, 15) is 18.8 Å². The van der Waals surface area contributed by atoms with Crippen molar-refractivity contribution in [2.45, 2.75) is 19.8 Å². The highest BCUT2D eigenvalue weighted by atomic mass is 19.3. The molecule has 0 atom stereocenters. The van der Waals surface area contributed by atoms with Crippen molar-refractivity contribution >= 4 is 21.5 Å². The van der Waals surface area contributed by atoms with Crippen molar-refractivity contribution in [2.24, 2.45) is 7.05 Å². The van der Waals surface area contributed by atoms with E-state index in [1.807, 2.05) is 13.0 Å². The van der Waals surface area contributed by atoms with Crippen LogP contribution < -0.4 is 5.56 Å². The molecule has 0 fully saturated rings. The van der Waals surface area contributed by atoms with E-state index >= 15 is 0 Å². The first kappa shape index (κ1) is 21.5. The van der Waals surface area contributed by atoms with Crippen LogP contribution in [-0.2, 0) is 13.5 Å². The van der Waals surface area contributed by atoms with E-state index in [4.69, 9.17) is 0 Å². The van der Waals surface area contributed by atoms with Crippen molar-refractivity contribution in [3.05, 3.63) is 81.9 Å². The predicted octanol–water partition coefficient (Wildman–Crippen LogP) is 5.52. The molecule has 2 heterocycles. The molecule has 5 rings (SSSR count). The molecular weight excluding hydrogens is 436 g/mol. The lowest BCUT2D eigenvalue weighted by Gasteiger charge is -2.16. The first-order chi connectivity index (χ1) is 16.4. The summed E-state index contributed by atoms with van der Waals surface area (Å²) in [5.74, 6) is 0. The van der Waals surface area contributed by atoms with E-state index < -0.39 is 6.43 Å². The maximum Gasteiger partial charge on any atom is 0.272 e. The highest BCUT2D eigenvalue weighted by Gasteiger charge is 2.26. The Hall–Kier alpha value is -4.38. The summed E-state index contributed by atoms with van der Waals surface area (Å²) in [6, 6.07) is 15.9. The molecule has 0 amide bonds. The van der Waals surface area contributed by atoms with Crippen LogP contribution in [0.2, 0.25) is 0 Å². The maximum absolute atomic E-state index is 14.3. The van der Waals surface area contributed by atoms with Gasteiger partial charge >= 0.3 is 0 Å². The van der Waals surface area contributed by atoms with Gasteiger partial charge in [0.1, 0.15) is 6.07 Å². The van der Waals surface area contributed by atoms with Crippen LogP contribution in [0.1, 0.15) is 30.2 Å². The number of hydrogen-bond acceptors (Lipinski definition) is 4. The van der Waals surface area contributed by atoms with E-state index in [1.165, 1.54) is 10.7 Å². The molecule has 3 aromatic carbocycles. The number of H-pyrrole nitrogens is 1. The number of hydrogen-bond donors (Lipinski definition) is 1. The fourth-order valence-electron chi connectivity index (χ4n) is 4.51. The number of nitrogens with one attached hydrogen (secondary N) is 1. The SMILES string of the molecule is CCc1n[nH]c(=O)c2ccc(-c3cnn(C)c3-c3c(C(F)F)cc4ccccc4c3C#N)cc12. The van der Waals surface area contributed by atoms with Gasteiger partial charge in [-0.05, 0) is 35.6 Å². The average molecular weight is 455 g/mol. The Morgan fingerprint density at radius 3 is 2.65 bits per heavy atom. The molecule has 0 bridgehead atoms. The second-order valence-electron chi connectivity index (χ2n) is 7.99. The molecule has 0 spiro atoms. The van der Waals surface area contributed by atoms with Crippen molar-refractivity contribution < 1.29 is 8.78 Å². The molecule has 34 heavy (non-hydrogen) atoms. The largest absolute Gasteiger partial charge is 0.272 e. The number of nitriles is 1. The summed E-state index contributed by atoms with van der Waals surface area (Å²) in [6.45, 7) is 1.94. The lowest BCUT2D eigenvalue weighted by atomic mass is 9.89. The highest BCUT2D eigenvalue weighted by Crippen LogP contribution is 2.42. The molecular formula is C26H19F2N5O.